The minimum Gasteiger partial charge on any atom is -0.356 e. The molecule has 0 aliphatic carbocycles. The number of hydrogen-bond acceptors (Lipinski definition) is 4. The zero-order valence-corrected chi connectivity index (χ0v) is 17.1. The number of nitrogens with zero attached hydrogens (tertiary/aromatic N) is 2. The van der Waals surface area contributed by atoms with Crippen LogP contribution in [0.15, 0.2) is 35.4 Å². The van der Waals surface area contributed by atoms with Crippen molar-refractivity contribution < 1.29 is 22.4 Å². The first kappa shape index (κ1) is 21.0. The highest BCUT2D eigenvalue weighted by Crippen LogP contribution is 2.19. The van der Waals surface area contributed by atoms with E-state index in [-0.39, 0.29) is 22.2 Å². The fourth-order valence-corrected chi connectivity index (χ4v) is 4.20. The molecule has 2 amide bonds. The Bertz CT molecular complexity index is 1030. The summed E-state index contributed by atoms with van der Waals surface area (Å²) in [5.41, 5.74) is 0.872. The summed E-state index contributed by atoms with van der Waals surface area (Å²) in [6.07, 6.45) is 3.10. The molecule has 8 nitrogen and oxygen atoms in total. The number of benzene rings is 1. The van der Waals surface area contributed by atoms with E-state index in [1.165, 1.54) is 37.5 Å². The van der Waals surface area contributed by atoms with Crippen LogP contribution in [0.3, 0.4) is 0 Å². The van der Waals surface area contributed by atoms with Gasteiger partial charge in [0.05, 0.1) is 6.54 Å². The van der Waals surface area contributed by atoms with E-state index in [9.17, 15) is 22.4 Å². The average molecular weight is 422 g/mol. The van der Waals surface area contributed by atoms with Gasteiger partial charge in [0.15, 0.2) is 0 Å². The molecule has 1 aromatic heterocycles. The highest BCUT2D eigenvalue weighted by molar-refractivity contribution is 7.89. The van der Waals surface area contributed by atoms with Crippen molar-refractivity contribution in [2.75, 3.05) is 32.0 Å². The summed E-state index contributed by atoms with van der Waals surface area (Å²) in [5, 5.41) is 2.47. The number of hydrogen-bond donors (Lipinski definition) is 2. The molecule has 0 unspecified atom stereocenters. The van der Waals surface area contributed by atoms with Gasteiger partial charge in [-0.2, -0.15) is 4.31 Å². The van der Waals surface area contributed by atoms with Gasteiger partial charge in [-0.15, -0.1) is 0 Å². The standard InChI is InChI=1S/C19H23FN4O4S/c1-13-5-6-14(9-16(13)20)22-18(25)12-23(2)29(27,28)15-10-17(21-11-15)19(26)24-7-3-4-8-24/h5-6,9-11,21H,3-4,7-8,12H2,1-2H3,(H,22,25). The quantitative estimate of drug-likeness (QED) is 0.743. The molecule has 2 N–H and O–H groups in total. The van der Waals surface area contributed by atoms with Crippen molar-refractivity contribution in [3.8, 4) is 0 Å². The number of halogens is 1. The molecule has 0 radical (unpaired) electrons. The van der Waals surface area contributed by atoms with Gasteiger partial charge in [0, 0.05) is 32.0 Å². The van der Waals surface area contributed by atoms with Crippen LogP contribution in [-0.2, 0) is 14.8 Å². The molecule has 10 heteroatoms. The average Bonchev–Trinajstić information content (AvgIpc) is 3.36. The number of likely N-dealkylation sites (tertiary alicyclic amines) is 1. The third-order valence-corrected chi connectivity index (χ3v) is 6.59. The lowest BCUT2D eigenvalue weighted by molar-refractivity contribution is -0.116. The van der Waals surface area contributed by atoms with Gasteiger partial charge in [-0.25, -0.2) is 12.8 Å². The van der Waals surface area contributed by atoms with Gasteiger partial charge >= 0.3 is 0 Å². The number of carbonyl (C=O) groups is 2. The molecule has 0 saturated carbocycles. The summed E-state index contributed by atoms with van der Waals surface area (Å²) in [7, 11) is -2.72. The minimum atomic E-state index is -3.98. The van der Waals surface area contributed by atoms with Crippen molar-refractivity contribution in [2.45, 2.75) is 24.7 Å². The lowest BCUT2D eigenvalue weighted by atomic mass is 10.2. The molecule has 1 aliphatic rings. The first-order valence-electron chi connectivity index (χ1n) is 9.18. The summed E-state index contributed by atoms with van der Waals surface area (Å²) in [4.78, 5) is 28.8. The molecule has 1 saturated heterocycles. The summed E-state index contributed by atoms with van der Waals surface area (Å²) < 4.78 is 39.9. The molecule has 1 aromatic carbocycles. The maximum absolute atomic E-state index is 13.6. The predicted octanol–water partition coefficient (Wildman–Crippen LogP) is 1.96. The number of amides is 2. The van der Waals surface area contributed by atoms with E-state index in [2.05, 4.69) is 10.3 Å². The summed E-state index contributed by atoms with van der Waals surface area (Å²) in [6.45, 7) is 2.44. The zero-order valence-electron chi connectivity index (χ0n) is 16.2. The number of carbonyl (C=O) groups excluding carboxylic acids is 2. The second-order valence-electron chi connectivity index (χ2n) is 7.02. The number of aryl methyl sites for hydroxylation is 1. The van der Waals surface area contributed by atoms with Crippen molar-refractivity contribution in [3.63, 3.8) is 0 Å². The van der Waals surface area contributed by atoms with Gasteiger partial charge in [-0.05, 0) is 43.5 Å². The van der Waals surface area contributed by atoms with Crippen LogP contribution in [0.2, 0.25) is 0 Å². The maximum atomic E-state index is 13.6. The Balaban J connectivity index is 1.66. The number of rotatable bonds is 6. The SMILES string of the molecule is Cc1ccc(NC(=O)CN(C)S(=O)(=O)c2c[nH]c(C(=O)N3CCCC3)c2)cc1F. The van der Waals surface area contributed by atoms with Gasteiger partial charge in [0.2, 0.25) is 15.9 Å². The topological polar surface area (TPSA) is 103 Å². The van der Waals surface area contributed by atoms with E-state index < -0.39 is 28.3 Å². The van der Waals surface area contributed by atoms with Gasteiger partial charge < -0.3 is 15.2 Å². The third-order valence-electron chi connectivity index (χ3n) is 4.81. The van der Waals surface area contributed by atoms with Crippen LogP contribution in [0.4, 0.5) is 10.1 Å². The van der Waals surface area contributed by atoms with Crippen LogP contribution in [0.5, 0.6) is 0 Å². The lowest BCUT2D eigenvalue weighted by Gasteiger charge is -2.16. The maximum Gasteiger partial charge on any atom is 0.270 e. The van der Waals surface area contributed by atoms with Crippen molar-refractivity contribution in [2.24, 2.45) is 0 Å². The van der Waals surface area contributed by atoms with E-state index in [1.807, 2.05) is 0 Å². The number of sulfonamides is 1. The van der Waals surface area contributed by atoms with E-state index in [0.717, 1.165) is 17.1 Å². The Morgan fingerprint density at radius 1 is 1.24 bits per heavy atom. The molecular formula is C19H23FN4O4S. The molecular weight excluding hydrogens is 399 g/mol. The molecule has 2 heterocycles. The molecule has 0 spiro atoms. The number of likely N-dealkylation sites (N-methyl/N-ethyl adjacent to an activating group) is 1. The van der Waals surface area contributed by atoms with Crippen LogP contribution in [0.1, 0.15) is 28.9 Å². The number of aromatic nitrogens is 1. The van der Waals surface area contributed by atoms with Crippen LogP contribution in [-0.4, -0.2) is 61.1 Å². The first-order chi connectivity index (χ1) is 13.7. The Morgan fingerprint density at radius 2 is 1.93 bits per heavy atom. The summed E-state index contributed by atoms with van der Waals surface area (Å²) >= 11 is 0. The molecule has 156 valence electrons. The second-order valence-corrected chi connectivity index (χ2v) is 9.07. The van der Waals surface area contributed by atoms with Gasteiger partial charge in [-0.1, -0.05) is 6.07 Å². The molecule has 1 aliphatic heterocycles. The van der Waals surface area contributed by atoms with Crippen LogP contribution >= 0.6 is 0 Å². The third kappa shape index (κ3) is 4.65. The van der Waals surface area contributed by atoms with Crippen molar-refractivity contribution in [1.29, 1.82) is 0 Å². The van der Waals surface area contributed by atoms with E-state index in [1.54, 1.807) is 11.8 Å². The van der Waals surface area contributed by atoms with E-state index in [4.69, 9.17) is 0 Å². The number of nitrogens with one attached hydrogen (secondary N) is 2. The Kier molecular flexibility index (Phi) is 6.04. The van der Waals surface area contributed by atoms with E-state index >= 15 is 0 Å². The first-order valence-corrected chi connectivity index (χ1v) is 10.6. The molecule has 3 rings (SSSR count). The molecule has 1 fully saturated rings. The summed E-state index contributed by atoms with van der Waals surface area (Å²) in [5.74, 6) is -1.32. The smallest absolute Gasteiger partial charge is 0.270 e. The van der Waals surface area contributed by atoms with Crippen molar-refractivity contribution in [3.05, 3.63) is 47.5 Å². The zero-order chi connectivity index (χ0) is 21.2. The van der Waals surface area contributed by atoms with Gasteiger partial charge in [-0.3, -0.25) is 9.59 Å². The van der Waals surface area contributed by atoms with Crippen molar-refractivity contribution >= 4 is 27.5 Å². The fourth-order valence-electron chi connectivity index (χ4n) is 3.08. The van der Waals surface area contributed by atoms with Crippen molar-refractivity contribution in [1.82, 2.24) is 14.2 Å². The van der Waals surface area contributed by atoms with E-state index in [0.29, 0.717) is 18.7 Å². The minimum absolute atomic E-state index is 0.100. The number of anilines is 1. The normalized spacial score (nSPS) is 14.4. The summed E-state index contributed by atoms with van der Waals surface area (Å²) in [6, 6.07) is 5.50. The largest absolute Gasteiger partial charge is 0.356 e. The molecule has 0 bridgehead atoms. The second kappa shape index (κ2) is 8.34. The predicted molar refractivity (Wildman–Crippen MR) is 106 cm³/mol. The molecule has 0 atom stereocenters. The van der Waals surface area contributed by atoms with Gasteiger partial charge in [0.25, 0.3) is 5.91 Å². The van der Waals surface area contributed by atoms with Crippen LogP contribution in [0.25, 0.3) is 0 Å². The molecule has 2 aromatic rings. The fraction of sp³-hybridized carbons (Fsp3) is 0.368. The Hall–Kier alpha value is -2.72. The number of H-pyrrole nitrogens is 1. The Labute approximate surface area is 168 Å². The van der Waals surface area contributed by atoms with Gasteiger partial charge in [0.1, 0.15) is 16.4 Å². The Morgan fingerprint density at radius 3 is 2.59 bits per heavy atom. The molecule has 29 heavy (non-hydrogen) atoms. The van der Waals surface area contributed by atoms with Crippen LogP contribution < -0.4 is 5.32 Å². The highest BCUT2D eigenvalue weighted by atomic mass is 32.2. The lowest BCUT2D eigenvalue weighted by Crippen LogP contribution is -2.34. The van der Waals surface area contributed by atoms with Crippen LogP contribution in [0, 0.1) is 12.7 Å². The monoisotopic (exact) mass is 422 g/mol. The highest BCUT2D eigenvalue weighted by Gasteiger charge is 2.27. The number of aromatic amines is 1.